The van der Waals surface area contributed by atoms with Gasteiger partial charge >= 0.3 is 0 Å². The number of anilines is 3. The molecule has 1 aromatic carbocycles. The molecule has 0 aliphatic carbocycles. The third-order valence-corrected chi connectivity index (χ3v) is 3.65. The molecule has 0 aliphatic heterocycles. The van der Waals surface area contributed by atoms with E-state index in [9.17, 15) is 8.42 Å². The lowest BCUT2D eigenvalue weighted by atomic mass is 10.1. The zero-order chi connectivity index (χ0) is 14.6. The molecule has 6 heteroatoms. The van der Waals surface area contributed by atoms with Gasteiger partial charge in [0.25, 0.3) is 0 Å². The molecule has 0 saturated heterocycles. The normalized spacial score (nSPS) is 11.4. The average Bonchev–Trinajstić information content (AvgIpc) is 2.31. The second kappa shape index (κ2) is 6.14. The summed E-state index contributed by atoms with van der Waals surface area (Å²) in [6, 6.07) is 3.70. The first kappa shape index (κ1) is 15.6. The number of benzene rings is 1. The first-order valence-electron chi connectivity index (χ1n) is 6.48. The van der Waals surface area contributed by atoms with Crippen LogP contribution >= 0.6 is 0 Å². The van der Waals surface area contributed by atoms with E-state index in [2.05, 4.69) is 9.62 Å². The molecule has 0 aromatic heterocycles. The lowest BCUT2D eigenvalue weighted by Gasteiger charge is -2.26. The summed E-state index contributed by atoms with van der Waals surface area (Å²) in [4.78, 5) is 2.10. The van der Waals surface area contributed by atoms with Crippen molar-refractivity contribution in [3.63, 3.8) is 0 Å². The van der Waals surface area contributed by atoms with Gasteiger partial charge in [-0.15, -0.1) is 0 Å². The topological polar surface area (TPSA) is 75.4 Å². The molecule has 0 unspecified atom stereocenters. The number of hydrogen-bond donors (Lipinski definition) is 2. The molecular formula is C13H23N3O2S. The van der Waals surface area contributed by atoms with Gasteiger partial charge < -0.3 is 10.6 Å². The smallest absolute Gasteiger partial charge is 0.229 e. The first-order chi connectivity index (χ1) is 8.84. The zero-order valence-corrected chi connectivity index (χ0v) is 12.8. The second-order valence-electron chi connectivity index (χ2n) is 4.43. The van der Waals surface area contributed by atoms with E-state index in [0.717, 1.165) is 30.6 Å². The third kappa shape index (κ3) is 3.76. The predicted molar refractivity (Wildman–Crippen MR) is 82.3 cm³/mol. The van der Waals surface area contributed by atoms with Crippen molar-refractivity contribution in [1.82, 2.24) is 0 Å². The molecule has 0 bridgehead atoms. The van der Waals surface area contributed by atoms with Gasteiger partial charge in [-0.2, -0.15) is 0 Å². The van der Waals surface area contributed by atoms with E-state index in [1.165, 1.54) is 0 Å². The van der Waals surface area contributed by atoms with Gasteiger partial charge in [0, 0.05) is 24.3 Å². The summed E-state index contributed by atoms with van der Waals surface area (Å²) in [5.74, 6) is 0. The minimum absolute atomic E-state index is 0.605. The van der Waals surface area contributed by atoms with E-state index in [0.29, 0.717) is 17.8 Å². The lowest BCUT2D eigenvalue weighted by molar-refractivity contribution is 0.606. The molecule has 19 heavy (non-hydrogen) atoms. The van der Waals surface area contributed by atoms with E-state index < -0.39 is 10.0 Å². The molecule has 0 radical (unpaired) electrons. The Morgan fingerprint density at radius 1 is 1.21 bits per heavy atom. The second-order valence-corrected chi connectivity index (χ2v) is 6.18. The van der Waals surface area contributed by atoms with Crippen LogP contribution < -0.4 is 15.4 Å². The van der Waals surface area contributed by atoms with Crippen LogP contribution in [0.5, 0.6) is 0 Å². The number of nitrogens with zero attached hydrogens (tertiary/aromatic N) is 1. The Morgan fingerprint density at radius 3 is 2.21 bits per heavy atom. The van der Waals surface area contributed by atoms with Crippen molar-refractivity contribution < 1.29 is 8.42 Å². The highest BCUT2D eigenvalue weighted by molar-refractivity contribution is 7.92. The van der Waals surface area contributed by atoms with Gasteiger partial charge in [-0.25, -0.2) is 8.42 Å². The molecular weight excluding hydrogens is 262 g/mol. The average molecular weight is 285 g/mol. The van der Waals surface area contributed by atoms with Crippen LogP contribution in [0.3, 0.4) is 0 Å². The summed E-state index contributed by atoms with van der Waals surface area (Å²) < 4.78 is 25.7. The molecule has 0 aliphatic rings. The molecule has 0 saturated carbocycles. The van der Waals surface area contributed by atoms with Crippen LogP contribution in [0, 0.1) is 0 Å². The quantitative estimate of drug-likeness (QED) is 0.784. The van der Waals surface area contributed by atoms with Gasteiger partial charge in [0.1, 0.15) is 0 Å². The van der Waals surface area contributed by atoms with E-state index in [4.69, 9.17) is 5.73 Å². The zero-order valence-electron chi connectivity index (χ0n) is 12.0. The van der Waals surface area contributed by atoms with Gasteiger partial charge in [0.05, 0.1) is 17.6 Å². The highest BCUT2D eigenvalue weighted by atomic mass is 32.2. The summed E-state index contributed by atoms with van der Waals surface area (Å²) >= 11 is 0. The monoisotopic (exact) mass is 285 g/mol. The molecule has 1 rings (SSSR count). The Labute approximate surface area is 115 Å². The maximum Gasteiger partial charge on any atom is 0.229 e. The van der Waals surface area contributed by atoms with Crippen molar-refractivity contribution in [2.45, 2.75) is 27.2 Å². The predicted octanol–water partition coefficient (Wildman–Crippen LogP) is 2.05. The Balaban J connectivity index is 3.46. The molecule has 0 spiro atoms. The fourth-order valence-electron chi connectivity index (χ4n) is 2.16. The summed E-state index contributed by atoms with van der Waals surface area (Å²) in [6.45, 7) is 7.65. The minimum Gasteiger partial charge on any atom is -0.398 e. The SMILES string of the molecule is CCc1c(N)ccc(N(CC)CC)c1NS(C)(=O)=O. The molecule has 1 aromatic rings. The number of nitrogens with two attached hydrogens (primary N) is 1. The Kier molecular flexibility index (Phi) is 5.05. The molecule has 0 amide bonds. The van der Waals surface area contributed by atoms with E-state index in [-0.39, 0.29) is 0 Å². The first-order valence-corrected chi connectivity index (χ1v) is 8.37. The van der Waals surface area contributed by atoms with E-state index in [1.54, 1.807) is 0 Å². The highest BCUT2D eigenvalue weighted by Gasteiger charge is 2.17. The number of nitrogen functional groups attached to an aromatic ring is 1. The van der Waals surface area contributed by atoms with Crippen molar-refractivity contribution in [1.29, 1.82) is 0 Å². The number of hydrogen-bond acceptors (Lipinski definition) is 4. The van der Waals surface area contributed by atoms with Gasteiger partial charge in [-0.1, -0.05) is 6.92 Å². The van der Waals surface area contributed by atoms with Crippen LogP contribution in [-0.4, -0.2) is 27.8 Å². The third-order valence-electron chi connectivity index (χ3n) is 3.07. The minimum atomic E-state index is -3.33. The van der Waals surface area contributed by atoms with Crippen molar-refractivity contribution in [2.75, 3.05) is 34.7 Å². The fraction of sp³-hybridized carbons (Fsp3) is 0.538. The van der Waals surface area contributed by atoms with Crippen LogP contribution in [0.25, 0.3) is 0 Å². The van der Waals surface area contributed by atoms with Crippen LogP contribution in [0.4, 0.5) is 17.1 Å². The Hall–Kier alpha value is -1.43. The van der Waals surface area contributed by atoms with Crippen LogP contribution in [0.1, 0.15) is 26.3 Å². The number of rotatable bonds is 6. The van der Waals surface area contributed by atoms with Crippen molar-refractivity contribution in [2.24, 2.45) is 0 Å². The lowest BCUT2D eigenvalue weighted by Crippen LogP contribution is -2.25. The van der Waals surface area contributed by atoms with Crippen LogP contribution in [-0.2, 0) is 16.4 Å². The molecule has 3 N–H and O–H groups in total. The van der Waals surface area contributed by atoms with Gasteiger partial charge in [0.15, 0.2) is 0 Å². The van der Waals surface area contributed by atoms with Crippen LogP contribution in [0.15, 0.2) is 12.1 Å². The van der Waals surface area contributed by atoms with Gasteiger partial charge in [-0.05, 0) is 32.4 Å². The summed E-state index contributed by atoms with van der Waals surface area (Å²) in [6.07, 6.45) is 1.83. The van der Waals surface area contributed by atoms with Crippen molar-refractivity contribution in [3.8, 4) is 0 Å². The summed E-state index contributed by atoms with van der Waals surface area (Å²) in [5.41, 5.74) is 8.89. The van der Waals surface area contributed by atoms with Crippen molar-refractivity contribution >= 4 is 27.1 Å². The maximum atomic E-state index is 11.6. The summed E-state index contributed by atoms with van der Waals surface area (Å²) in [5, 5.41) is 0. The standard InChI is InChI=1S/C13H23N3O2S/c1-5-10-11(14)8-9-12(16(6-2)7-3)13(10)15-19(4,17)18/h8-9,15H,5-7,14H2,1-4H3. The Morgan fingerprint density at radius 2 is 1.79 bits per heavy atom. The van der Waals surface area contributed by atoms with E-state index >= 15 is 0 Å². The van der Waals surface area contributed by atoms with Gasteiger partial charge in [0.2, 0.25) is 10.0 Å². The maximum absolute atomic E-state index is 11.6. The molecule has 5 nitrogen and oxygen atoms in total. The largest absolute Gasteiger partial charge is 0.398 e. The van der Waals surface area contributed by atoms with Gasteiger partial charge in [-0.3, -0.25) is 4.72 Å². The van der Waals surface area contributed by atoms with E-state index in [1.807, 2.05) is 32.9 Å². The molecule has 108 valence electrons. The summed E-state index contributed by atoms with van der Waals surface area (Å²) in [7, 11) is -3.33. The number of nitrogens with one attached hydrogen (secondary N) is 1. The van der Waals surface area contributed by atoms with Crippen LogP contribution in [0.2, 0.25) is 0 Å². The fourth-order valence-corrected chi connectivity index (χ4v) is 2.76. The highest BCUT2D eigenvalue weighted by Crippen LogP contribution is 2.34. The molecule has 0 fully saturated rings. The van der Waals surface area contributed by atoms with Crippen molar-refractivity contribution in [3.05, 3.63) is 17.7 Å². The molecule has 0 atom stereocenters. The Bertz CT molecular complexity index is 537. The number of sulfonamides is 1. The molecule has 0 heterocycles.